The molecule has 4 heteroatoms. The van der Waals surface area contributed by atoms with Gasteiger partial charge in [-0.3, -0.25) is 4.90 Å². The third kappa shape index (κ3) is 5.02. The van der Waals surface area contributed by atoms with Gasteiger partial charge in [-0.05, 0) is 7.05 Å². The average Bonchev–Trinajstić information content (AvgIpc) is 2.18. The van der Waals surface area contributed by atoms with Crippen LogP contribution in [0.4, 0.5) is 0 Å². The van der Waals surface area contributed by atoms with Crippen LogP contribution < -0.4 is 0 Å². The summed E-state index contributed by atoms with van der Waals surface area (Å²) in [6.45, 7) is 2.94. The zero-order valence-electron chi connectivity index (χ0n) is 9.35. The monoisotopic (exact) mass is 231 g/mol. The molecule has 1 fully saturated rings. The van der Waals surface area contributed by atoms with Crippen molar-refractivity contribution in [2.24, 2.45) is 0 Å². The lowest BCUT2D eigenvalue weighted by atomic mass is 9.94. The molecular formula is C11H21NO2S. The minimum Gasteiger partial charge on any atom is -0.388 e. The number of thiol groups is 1. The Morgan fingerprint density at radius 1 is 1.40 bits per heavy atom. The van der Waals surface area contributed by atoms with Gasteiger partial charge in [0, 0.05) is 44.9 Å². The summed E-state index contributed by atoms with van der Waals surface area (Å²) >= 11 is 4.10. The van der Waals surface area contributed by atoms with Crippen molar-refractivity contribution in [3.63, 3.8) is 0 Å². The number of aliphatic hydroxyl groups is 1. The molecule has 0 bridgehead atoms. The van der Waals surface area contributed by atoms with Gasteiger partial charge in [-0.1, -0.05) is 12.2 Å². The Balaban J connectivity index is 2.28. The lowest BCUT2D eigenvalue weighted by molar-refractivity contribution is -0.0756. The highest BCUT2D eigenvalue weighted by molar-refractivity contribution is 7.80. The first-order chi connectivity index (χ1) is 7.16. The minimum absolute atomic E-state index is 0.554. The quantitative estimate of drug-likeness (QED) is 0.546. The van der Waals surface area contributed by atoms with Crippen LogP contribution in [0, 0.1) is 0 Å². The molecule has 0 amide bonds. The third-order valence-corrected chi connectivity index (χ3v) is 2.89. The Kier molecular flexibility index (Phi) is 5.68. The van der Waals surface area contributed by atoms with E-state index in [9.17, 15) is 5.11 Å². The van der Waals surface area contributed by atoms with Crippen molar-refractivity contribution >= 4 is 12.6 Å². The van der Waals surface area contributed by atoms with Crippen LogP contribution in [0.1, 0.15) is 12.8 Å². The molecule has 1 rings (SSSR count). The summed E-state index contributed by atoms with van der Waals surface area (Å²) in [6, 6.07) is 0. The molecule has 0 aromatic heterocycles. The van der Waals surface area contributed by atoms with Crippen LogP contribution in [0.25, 0.3) is 0 Å². The van der Waals surface area contributed by atoms with Gasteiger partial charge in [-0.15, -0.1) is 0 Å². The summed E-state index contributed by atoms with van der Waals surface area (Å²) < 4.78 is 5.24. The summed E-state index contributed by atoms with van der Waals surface area (Å²) in [5.41, 5.74) is -0.554. The van der Waals surface area contributed by atoms with Gasteiger partial charge in [0.25, 0.3) is 0 Å². The maximum absolute atomic E-state index is 10.2. The van der Waals surface area contributed by atoms with E-state index in [1.54, 1.807) is 0 Å². The fourth-order valence-corrected chi connectivity index (χ4v) is 1.95. The van der Waals surface area contributed by atoms with Crippen molar-refractivity contribution in [3.05, 3.63) is 12.2 Å². The van der Waals surface area contributed by atoms with E-state index in [4.69, 9.17) is 4.74 Å². The van der Waals surface area contributed by atoms with Crippen molar-refractivity contribution in [3.8, 4) is 0 Å². The molecule has 1 heterocycles. The van der Waals surface area contributed by atoms with E-state index in [0.29, 0.717) is 19.8 Å². The molecule has 0 spiro atoms. The number of ether oxygens (including phenoxy) is 1. The van der Waals surface area contributed by atoms with E-state index >= 15 is 0 Å². The molecule has 0 radical (unpaired) electrons. The summed E-state index contributed by atoms with van der Waals surface area (Å²) in [4.78, 5) is 2.13. The molecule has 1 N–H and O–H groups in total. The molecule has 1 aliphatic heterocycles. The summed E-state index contributed by atoms with van der Waals surface area (Å²) in [6.07, 6.45) is 5.59. The van der Waals surface area contributed by atoms with Gasteiger partial charge in [0.15, 0.2) is 0 Å². The molecule has 0 aliphatic carbocycles. The SMILES string of the molecule is CN(C/C=C/CS)CC1(O)CCOCC1. The van der Waals surface area contributed by atoms with Crippen molar-refractivity contribution in [2.45, 2.75) is 18.4 Å². The standard InChI is InChI=1S/C11H21NO2S/c1-12(6-2-3-9-15)10-11(13)4-7-14-8-5-11/h2-3,13,15H,4-10H2,1H3/b3-2+. The zero-order chi connectivity index (χ0) is 11.1. The summed E-state index contributed by atoms with van der Waals surface area (Å²) in [5.74, 6) is 0.770. The third-order valence-electron chi connectivity index (χ3n) is 2.68. The highest BCUT2D eigenvalue weighted by Crippen LogP contribution is 2.21. The molecule has 0 atom stereocenters. The van der Waals surface area contributed by atoms with Crippen LogP contribution in [-0.4, -0.2) is 54.7 Å². The largest absolute Gasteiger partial charge is 0.388 e. The van der Waals surface area contributed by atoms with E-state index in [-0.39, 0.29) is 0 Å². The Hall–Kier alpha value is -0.0300. The fourth-order valence-electron chi connectivity index (χ4n) is 1.81. The number of hydrogen-bond acceptors (Lipinski definition) is 4. The van der Waals surface area contributed by atoms with Gasteiger partial charge in [-0.2, -0.15) is 12.6 Å². The molecule has 0 aromatic carbocycles. The number of nitrogens with zero attached hydrogens (tertiary/aromatic N) is 1. The highest BCUT2D eigenvalue weighted by atomic mass is 32.1. The maximum atomic E-state index is 10.2. The van der Waals surface area contributed by atoms with Crippen LogP contribution in [-0.2, 0) is 4.74 Å². The molecular weight excluding hydrogens is 210 g/mol. The molecule has 15 heavy (non-hydrogen) atoms. The van der Waals surface area contributed by atoms with Crippen LogP contribution in [0.2, 0.25) is 0 Å². The van der Waals surface area contributed by atoms with Gasteiger partial charge in [0.1, 0.15) is 0 Å². The first kappa shape index (κ1) is 13.0. The van der Waals surface area contributed by atoms with E-state index < -0.39 is 5.60 Å². The van der Waals surface area contributed by atoms with Crippen LogP contribution in [0.15, 0.2) is 12.2 Å². The number of rotatable bonds is 5. The Morgan fingerprint density at radius 2 is 2.07 bits per heavy atom. The van der Waals surface area contributed by atoms with Gasteiger partial charge in [0.05, 0.1) is 5.60 Å². The Labute approximate surface area is 97.5 Å². The predicted octanol–water partition coefficient (Wildman–Crippen LogP) is 0.946. The maximum Gasteiger partial charge on any atom is 0.0817 e. The van der Waals surface area contributed by atoms with E-state index in [1.807, 2.05) is 13.1 Å². The van der Waals surface area contributed by atoms with Crippen LogP contribution >= 0.6 is 12.6 Å². The lowest BCUT2D eigenvalue weighted by Crippen LogP contribution is -2.45. The number of hydrogen-bond donors (Lipinski definition) is 2. The number of likely N-dealkylation sites (N-methyl/N-ethyl adjacent to an activating group) is 1. The average molecular weight is 231 g/mol. The second-order valence-corrected chi connectivity index (χ2v) is 4.55. The first-order valence-corrected chi connectivity index (χ1v) is 6.04. The molecule has 88 valence electrons. The Morgan fingerprint density at radius 3 is 2.67 bits per heavy atom. The molecule has 1 saturated heterocycles. The normalized spacial score (nSPS) is 21.3. The second kappa shape index (κ2) is 6.53. The predicted molar refractivity (Wildman–Crippen MR) is 65.5 cm³/mol. The topological polar surface area (TPSA) is 32.7 Å². The molecule has 0 unspecified atom stereocenters. The minimum atomic E-state index is -0.554. The zero-order valence-corrected chi connectivity index (χ0v) is 10.2. The first-order valence-electron chi connectivity index (χ1n) is 5.41. The molecule has 0 saturated carbocycles. The van der Waals surface area contributed by atoms with Gasteiger partial charge >= 0.3 is 0 Å². The van der Waals surface area contributed by atoms with Crippen LogP contribution in [0.3, 0.4) is 0 Å². The van der Waals surface area contributed by atoms with Crippen molar-refractivity contribution in [1.82, 2.24) is 4.90 Å². The van der Waals surface area contributed by atoms with E-state index in [2.05, 4.69) is 23.6 Å². The van der Waals surface area contributed by atoms with E-state index in [0.717, 1.165) is 25.1 Å². The molecule has 3 nitrogen and oxygen atoms in total. The fraction of sp³-hybridized carbons (Fsp3) is 0.818. The van der Waals surface area contributed by atoms with Crippen molar-refractivity contribution in [1.29, 1.82) is 0 Å². The van der Waals surface area contributed by atoms with E-state index in [1.165, 1.54) is 0 Å². The Bertz CT molecular complexity index is 203. The van der Waals surface area contributed by atoms with Gasteiger partial charge < -0.3 is 9.84 Å². The molecule has 1 aliphatic rings. The lowest BCUT2D eigenvalue weighted by Gasteiger charge is -2.35. The summed E-state index contributed by atoms with van der Waals surface area (Å²) in [5, 5.41) is 10.2. The van der Waals surface area contributed by atoms with Crippen molar-refractivity contribution < 1.29 is 9.84 Å². The van der Waals surface area contributed by atoms with Crippen LogP contribution in [0.5, 0.6) is 0 Å². The second-order valence-electron chi connectivity index (χ2n) is 4.19. The molecule has 0 aromatic rings. The van der Waals surface area contributed by atoms with Crippen molar-refractivity contribution in [2.75, 3.05) is 39.1 Å². The summed E-state index contributed by atoms with van der Waals surface area (Å²) in [7, 11) is 2.02. The van der Waals surface area contributed by atoms with Gasteiger partial charge in [0.2, 0.25) is 0 Å². The highest BCUT2D eigenvalue weighted by Gasteiger charge is 2.30. The smallest absolute Gasteiger partial charge is 0.0817 e. The van der Waals surface area contributed by atoms with Gasteiger partial charge in [-0.25, -0.2) is 0 Å².